The number of benzene rings is 2. The monoisotopic (exact) mass is 540 g/mol. The fourth-order valence-electron chi connectivity index (χ4n) is 4.77. The van der Waals surface area contributed by atoms with Crippen molar-refractivity contribution in [2.75, 3.05) is 33.5 Å². The van der Waals surface area contributed by atoms with Crippen molar-refractivity contribution in [1.29, 1.82) is 0 Å². The second-order valence-corrected chi connectivity index (χ2v) is 9.14. The first kappa shape index (κ1) is 27.4. The number of hydrogen-bond donors (Lipinski definition) is 2. The lowest BCUT2D eigenvalue weighted by atomic mass is 9.80. The van der Waals surface area contributed by atoms with Crippen LogP contribution >= 0.6 is 11.6 Å². The number of carbonyl (C=O) groups is 3. The van der Waals surface area contributed by atoms with Gasteiger partial charge in [-0.3, -0.25) is 4.79 Å². The molecule has 2 aromatic carbocycles. The smallest absolute Gasteiger partial charge is 0.336 e. The number of carbonyl (C=O) groups excluding carboxylic acids is 3. The second-order valence-electron chi connectivity index (χ2n) is 8.73. The third kappa shape index (κ3) is 5.18. The molecule has 4 rings (SSSR count). The van der Waals surface area contributed by atoms with Crippen molar-refractivity contribution in [3.8, 4) is 0 Å². The van der Waals surface area contributed by atoms with Crippen molar-refractivity contribution in [3.63, 3.8) is 0 Å². The van der Waals surface area contributed by atoms with E-state index in [4.69, 9.17) is 25.8 Å². The molecule has 0 aromatic heterocycles. The molecule has 2 aromatic rings. The zero-order valence-corrected chi connectivity index (χ0v) is 22.1. The Labute approximate surface area is 225 Å². The highest BCUT2D eigenvalue weighted by atomic mass is 35.5. The molecule has 2 atom stereocenters. The third-order valence-corrected chi connectivity index (χ3v) is 6.85. The second kappa shape index (κ2) is 11.8. The molecule has 2 aliphatic heterocycles. The zero-order chi connectivity index (χ0) is 27.4. The first-order valence-corrected chi connectivity index (χ1v) is 12.5. The predicted molar refractivity (Wildman–Crippen MR) is 139 cm³/mol. The van der Waals surface area contributed by atoms with Crippen molar-refractivity contribution in [1.82, 2.24) is 10.2 Å². The summed E-state index contributed by atoms with van der Waals surface area (Å²) in [6.07, 6.45) is -1.05. The van der Waals surface area contributed by atoms with Gasteiger partial charge in [-0.25, -0.2) is 9.59 Å². The van der Waals surface area contributed by atoms with Crippen LogP contribution in [-0.2, 0) is 23.8 Å². The molecule has 38 heavy (non-hydrogen) atoms. The minimum absolute atomic E-state index is 0.0496. The van der Waals surface area contributed by atoms with Crippen LogP contribution in [0, 0.1) is 0 Å². The average molecular weight is 541 g/mol. The van der Waals surface area contributed by atoms with Crippen molar-refractivity contribution >= 4 is 29.4 Å². The van der Waals surface area contributed by atoms with E-state index in [9.17, 15) is 19.5 Å². The predicted octanol–water partition coefficient (Wildman–Crippen LogP) is 3.45. The highest BCUT2D eigenvalue weighted by Gasteiger charge is 2.40. The number of ether oxygens (including phenoxy) is 3. The van der Waals surface area contributed by atoms with E-state index in [1.807, 2.05) is 0 Å². The lowest BCUT2D eigenvalue weighted by molar-refractivity contribution is -0.139. The lowest BCUT2D eigenvalue weighted by Crippen LogP contribution is -2.35. The number of allylic oxidation sites excluding steroid dienone is 1. The van der Waals surface area contributed by atoms with Crippen LogP contribution in [0.25, 0.3) is 0 Å². The Morgan fingerprint density at radius 3 is 2.39 bits per heavy atom. The SMILES string of the molecule is CCOC(=O)C1=C(COCCN2C(=O)c3ccccc3C2O)NC(C)=C(C(=O)OC)C1c1ccccc1Cl. The van der Waals surface area contributed by atoms with Crippen LogP contribution in [0.5, 0.6) is 0 Å². The Morgan fingerprint density at radius 1 is 1.05 bits per heavy atom. The van der Waals surface area contributed by atoms with Crippen molar-refractivity contribution in [2.24, 2.45) is 0 Å². The van der Waals surface area contributed by atoms with Crippen LogP contribution < -0.4 is 5.32 Å². The standard InChI is InChI=1S/C28H29ClN2O7/c1-4-38-28(35)24-21(15-37-14-13-31-25(32)17-9-5-6-10-18(17)26(31)33)30-16(2)22(27(34)36-3)23(24)19-11-7-8-12-20(19)29/h5-12,23,25,30,32H,4,13-15H2,1-3H3. The van der Waals surface area contributed by atoms with Gasteiger partial charge in [0.2, 0.25) is 0 Å². The Bertz CT molecular complexity index is 1320. The highest BCUT2D eigenvalue weighted by Crippen LogP contribution is 2.42. The molecule has 2 heterocycles. The van der Waals surface area contributed by atoms with Crippen molar-refractivity contribution in [2.45, 2.75) is 26.0 Å². The summed E-state index contributed by atoms with van der Waals surface area (Å²) in [5.41, 5.74) is 2.84. The molecular formula is C28H29ClN2O7. The van der Waals surface area contributed by atoms with Gasteiger partial charge in [-0.05, 0) is 31.5 Å². The van der Waals surface area contributed by atoms with E-state index in [-0.39, 0.29) is 43.4 Å². The highest BCUT2D eigenvalue weighted by molar-refractivity contribution is 6.31. The first-order valence-electron chi connectivity index (χ1n) is 12.2. The quantitative estimate of drug-likeness (QED) is 0.367. The van der Waals surface area contributed by atoms with Gasteiger partial charge in [0.25, 0.3) is 5.91 Å². The zero-order valence-electron chi connectivity index (χ0n) is 21.3. The molecular weight excluding hydrogens is 512 g/mol. The number of methoxy groups -OCH3 is 1. The number of rotatable bonds is 9. The molecule has 2 aliphatic rings. The van der Waals surface area contributed by atoms with Crippen molar-refractivity contribution in [3.05, 3.63) is 92.8 Å². The lowest BCUT2D eigenvalue weighted by Gasteiger charge is -2.31. The molecule has 2 unspecified atom stereocenters. The summed E-state index contributed by atoms with van der Waals surface area (Å²) < 4.78 is 16.3. The Balaban J connectivity index is 1.60. The van der Waals surface area contributed by atoms with E-state index in [1.165, 1.54) is 12.0 Å². The van der Waals surface area contributed by atoms with E-state index in [0.717, 1.165) is 0 Å². The molecule has 0 fully saturated rings. The molecule has 0 saturated heterocycles. The van der Waals surface area contributed by atoms with E-state index in [2.05, 4.69) is 5.32 Å². The molecule has 0 radical (unpaired) electrons. The normalized spacial score (nSPS) is 18.9. The topological polar surface area (TPSA) is 114 Å². The number of aliphatic hydroxyl groups excluding tert-OH is 1. The van der Waals surface area contributed by atoms with Crippen LogP contribution in [0.15, 0.2) is 71.1 Å². The van der Waals surface area contributed by atoms with Crippen LogP contribution in [0.3, 0.4) is 0 Å². The number of aliphatic hydroxyl groups is 1. The maximum absolute atomic E-state index is 13.2. The van der Waals surface area contributed by atoms with Gasteiger partial charge in [0, 0.05) is 28.4 Å². The number of esters is 2. The number of hydrogen-bond acceptors (Lipinski definition) is 8. The third-order valence-electron chi connectivity index (χ3n) is 6.51. The van der Waals surface area contributed by atoms with Crippen LogP contribution in [0.2, 0.25) is 5.02 Å². The summed E-state index contributed by atoms with van der Waals surface area (Å²) in [6, 6.07) is 13.8. The number of nitrogens with zero attached hydrogens (tertiary/aromatic N) is 1. The van der Waals surface area contributed by atoms with E-state index < -0.39 is 24.1 Å². The maximum Gasteiger partial charge on any atom is 0.336 e. The molecule has 10 heteroatoms. The largest absolute Gasteiger partial charge is 0.466 e. The summed E-state index contributed by atoms with van der Waals surface area (Å²) in [6.45, 7) is 3.68. The van der Waals surface area contributed by atoms with Crippen molar-refractivity contribution < 1.29 is 33.7 Å². The van der Waals surface area contributed by atoms with Gasteiger partial charge in [0.15, 0.2) is 6.23 Å². The molecule has 0 bridgehead atoms. The van der Waals surface area contributed by atoms with E-state index >= 15 is 0 Å². The molecule has 0 saturated carbocycles. The van der Waals surface area contributed by atoms with Crippen LogP contribution in [0.1, 0.15) is 47.5 Å². The van der Waals surface area contributed by atoms with Gasteiger partial charge in [0.05, 0.1) is 49.7 Å². The molecule has 9 nitrogen and oxygen atoms in total. The molecule has 2 N–H and O–H groups in total. The minimum Gasteiger partial charge on any atom is -0.466 e. The summed E-state index contributed by atoms with van der Waals surface area (Å²) in [7, 11) is 1.27. The number of dihydropyridines is 1. The number of amides is 1. The van der Waals surface area contributed by atoms with Crippen LogP contribution in [-0.4, -0.2) is 61.3 Å². The van der Waals surface area contributed by atoms with Gasteiger partial charge >= 0.3 is 11.9 Å². The van der Waals surface area contributed by atoms with E-state index in [0.29, 0.717) is 33.1 Å². The molecule has 200 valence electrons. The summed E-state index contributed by atoms with van der Waals surface area (Å²) in [5, 5.41) is 14.0. The van der Waals surface area contributed by atoms with Gasteiger partial charge in [-0.1, -0.05) is 48.0 Å². The summed E-state index contributed by atoms with van der Waals surface area (Å²) in [4.78, 5) is 40.1. The summed E-state index contributed by atoms with van der Waals surface area (Å²) in [5.74, 6) is -2.37. The van der Waals surface area contributed by atoms with Gasteiger partial charge in [-0.2, -0.15) is 0 Å². The maximum atomic E-state index is 13.2. The van der Waals surface area contributed by atoms with Crippen LogP contribution in [0.4, 0.5) is 0 Å². The fourth-order valence-corrected chi connectivity index (χ4v) is 5.02. The Kier molecular flexibility index (Phi) is 8.51. The molecule has 1 amide bonds. The van der Waals surface area contributed by atoms with Gasteiger partial charge < -0.3 is 29.5 Å². The molecule has 0 aliphatic carbocycles. The van der Waals surface area contributed by atoms with Gasteiger partial charge in [0.1, 0.15) is 0 Å². The summed E-state index contributed by atoms with van der Waals surface area (Å²) >= 11 is 6.52. The Hall–Kier alpha value is -3.66. The van der Waals surface area contributed by atoms with Gasteiger partial charge in [-0.15, -0.1) is 0 Å². The number of fused-ring (bicyclic) bond motifs is 1. The average Bonchev–Trinajstić information content (AvgIpc) is 3.15. The fraction of sp³-hybridized carbons (Fsp3) is 0.321. The minimum atomic E-state index is -1.05. The Morgan fingerprint density at radius 2 is 1.74 bits per heavy atom. The van der Waals surface area contributed by atoms with E-state index in [1.54, 1.807) is 62.4 Å². The molecule has 0 spiro atoms. The number of nitrogens with one attached hydrogen (secondary N) is 1. The first-order chi connectivity index (χ1) is 18.3. The number of halogens is 1.